The molecule has 1 aliphatic heterocycles. The minimum Gasteiger partial charge on any atom is -0.467 e. The number of hydrogen-bond donors (Lipinski definition) is 1. The highest BCUT2D eigenvalue weighted by atomic mass is 16.7. The molecule has 16 heavy (non-hydrogen) atoms. The van der Waals surface area contributed by atoms with Crippen LogP contribution in [-0.4, -0.2) is 11.9 Å². The Hall–Kier alpha value is -2.01. The van der Waals surface area contributed by atoms with E-state index in [0.29, 0.717) is 25.0 Å². The third-order valence-electron chi connectivity index (χ3n) is 2.44. The van der Waals surface area contributed by atoms with E-state index in [2.05, 4.69) is 5.16 Å². The van der Waals surface area contributed by atoms with Crippen molar-refractivity contribution in [1.82, 2.24) is 5.16 Å². The van der Waals surface area contributed by atoms with Gasteiger partial charge in [0.15, 0.2) is 6.79 Å². The molecule has 0 aliphatic carbocycles. The number of aromatic nitrogens is 1. The molecule has 0 bridgehead atoms. The monoisotopic (exact) mass is 218 g/mol. The lowest BCUT2D eigenvalue weighted by Gasteiger charge is -2.17. The summed E-state index contributed by atoms with van der Waals surface area (Å²) in [6.07, 6.45) is 0. The molecular formula is C11H10N2O3. The summed E-state index contributed by atoms with van der Waals surface area (Å²) in [4.78, 5) is 0. The Balaban J connectivity index is 2.02. The van der Waals surface area contributed by atoms with Crippen molar-refractivity contribution in [3.8, 4) is 17.0 Å². The van der Waals surface area contributed by atoms with Crippen molar-refractivity contribution in [2.24, 2.45) is 0 Å². The third kappa shape index (κ3) is 1.51. The second-order valence-corrected chi connectivity index (χ2v) is 3.55. The van der Waals surface area contributed by atoms with Crippen molar-refractivity contribution in [3.63, 3.8) is 0 Å². The molecule has 1 aliphatic rings. The number of hydrogen-bond acceptors (Lipinski definition) is 5. The third-order valence-corrected chi connectivity index (χ3v) is 2.44. The average molecular weight is 218 g/mol. The van der Waals surface area contributed by atoms with E-state index in [1.807, 2.05) is 18.2 Å². The normalized spacial score (nSPS) is 14.2. The van der Waals surface area contributed by atoms with Gasteiger partial charge in [-0.1, -0.05) is 5.16 Å². The Morgan fingerprint density at radius 2 is 2.19 bits per heavy atom. The Labute approximate surface area is 91.7 Å². The number of rotatable bonds is 1. The van der Waals surface area contributed by atoms with E-state index >= 15 is 0 Å². The van der Waals surface area contributed by atoms with Crippen LogP contribution in [0.25, 0.3) is 11.3 Å². The maximum Gasteiger partial charge on any atom is 0.222 e. The Bertz CT molecular complexity index is 522. The number of nitrogens with zero attached hydrogens (tertiary/aromatic N) is 1. The lowest BCUT2D eigenvalue weighted by atomic mass is 10.1. The zero-order valence-corrected chi connectivity index (χ0v) is 8.47. The molecule has 0 unspecified atom stereocenters. The fraction of sp³-hybridized carbons (Fsp3) is 0.182. The van der Waals surface area contributed by atoms with Gasteiger partial charge in [-0.3, -0.25) is 0 Å². The maximum atomic E-state index is 5.48. The van der Waals surface area contributed by atoms with Crippen LogP contribution in [0.2, 0.25) is 0 Å². The largest absolute Gasteiger partial charge is 0.467 e. The van der Waals surface area contributed by atoms with E-state index in [9.17, 15) is 0 Å². The summed E-state index contributed by atoms with van der Waals surface area (Å²) in [5, 5.41) is 3.85. The Morgan fingerprint density at radius 3 is 3.00 bits per heavy atom. The van der Waals surface area contributed by atoms with Crippen LogP contribution >= 0.6 is 0 Å². The highest BCUT2D eigenvalue weighted by Gasteiger charge is 2.12. The van der Waals surface area contributed by atoms with Gasteiger partial charge >= 0.3 is 0 Å². The summed E-state index contributed by atoms with van der Waals surface area (Å²) in [5.41, 5.74) is 8.13. The number of anilines is 1. The molecule has 1 aromatic carbocycles. The van der Waals surface area contributed by atoms with E-state index in [1.165, 1.54) is 0 Å². The molecule has 0 atom stereocenters. The molecule has 2 N–H and O–H groups in total. The van der Waals surface area contributed by atoms with Crippen molar-refractivity contribution in [3.05, 3.63) is 29.8 Å². The molecule has 5 nitrogen and oxygen atoms in total. The summed E-state index contributed by atoms with van der Waals surface area (Å²) in [6.45, 7) is 0.861. The Morgan fingerprint density at radius 1 is 1.25 bits per heavy atom. The predicted octanol–water partition coefficient (Wildman–Crippen LogP) is 1.79. The van der Waals surface area contributed by atoms with Crippen LogP contribution in [0.5, 0.6) is 5.75 Å². The highest BCUT2D eigenvalue weighted by molar-refractivity contribution is 5.63. The molecule has 1 aromatic heterocycles. The SMILES string of the molecule is Nc1cc(-c2ccc3c(c2)COCO3)no1. The summed E-state index contributed by atoms with van der Waals surface area (Å²) in [6, 6.07) is 7.47. The van der Waals surface area contributed by atoms with Crippen molar-refractivity contribution < 1.29 is 14.0 Å². The van der Waals surface area contributed by atoms with Gasteiger partial charge in [-0.15, -0.1) is 0 Å². The maximum absolute atomic E-state index is 5.48. The molecule has 2 heterocycles. The van der Waals surface area contributed by atoms with Crippen LogP contribution in [-0.2, 0) is 11.3 Å². The molecule has 0 saturated heterocycles. The topological polar surface area (TPSA) is 70.5 Å². The van der Waals surface area contributed by atoms with Gasteiger partial charge in [-0.2, -0.15) is 0 Å². The van der Waals surface area contributed by atoms with Gasteiger partial charge in [0.2, 0.25) is 5.88 Å². The second-order valence-electron chi connectivity index (χ2n) is 3.55. The first kappa shape index (κ1) is 9.23. The zero-order valence-electron chi connectivity index (χ0n) is 8.47. The molecule has 0 radical (unpaired) electrons. The van der Waals surface area contributed by atoms with Crippen LogP contribution in [0.15, 0.2) is 28.8 Å². The summed E-state index contributed by atoms with van der Waals surface area (Å²) in [5.74, 6) is 1.16. The molecule has 2 aromatic rings. The molecular weight excluding hydrogens is 208 g/mol. The summed E-state index contributed by atoms with van der Waals surface area (Å²) < 4.78 is 15.4. The summed E-state index contributed by atoms with van der Waals surface area (Å²) in [7, 11) is 0. The van der Waals surface area contributed by atoms with Crippen molar-refractivity contribution in [2.75, 3.05) is 12.5 Å². The van der Waals surface area contributed by atoms with Crippen molar-refractivity contribution in [1.29, 1.82) is 0 Å². The quantitative estimate of drug-likeness (QED) is 0.790. The second kappa shape index (κ2) is 3.53. The molecule has 3 rings (SSSR count). The van der Waals surface area contributed by atoms with Gasteiger partial charge in [-0.25, -0.2) is 0 Å². The van der Waals surface area contributed by atoms with Crippen molar-refractivity contribution >= 4 is 5.88 Å². The number of nitrogens with two attached hydrogens (primary N) is 1. The molecule has 0 amide bonds. The lowest BCUT2D eigenvalue weighted by Crippen LogP contribution is -2.10. The van der Waals surface area contributed by atoms with E-state index in [4.69, 9.17) is 19.7 Å². The smallest absolute Gasteiger partial charge is 0.222 e. The number of nitrogen functional groups attached to an aromatic ring is 1. The minimum absolute atomic E-state index is 0.306. The number of ether oxygens (including phenoxy) is 2. The number of benzene rings is 1. The lowest BCUT2D eigenvalue weighted by molar-refractivity contribution is -0.0163. The van der Waals surface area contributed by atoms with Gasteiger partial charge in [-0.05, 0) is 18.2 Å². The standard InChI is InChI=1S/C11H10N2O3/c12-11-4-9(13-16-11)7-1-2-10-8(3-7)5-14-6-15-10/h1-4H,5-6,12H2. The fourth-order valence-corrected chi connectivity index (χ4v) is 1.67. The average Bonchev–Trinajstić information content (AvgIpc) is 2.75. The van der Waals surface area contributed by atoms with Crippen LogP contribution in [0, 0.1) is 0 Å². The van der Waals surface area contributed by atoms with E-state index in [1.54, 1.807) is 6.07 Å². The zero-order chi connectivity index (χ0) is 11.0. The summed E-state index contributed by atoms with van der Waals surface area (Å²) >= 11 is 0. The van der Waals surface area contributed by atoms with Gasteiger partial charge in [0.1, 0.15) is 11.4 Å². The van der Waals surface area contributed by atoms with Gasteiger partial charge in [0.05, 0.1) is 6.61 Å². The molecule has 82 valence electrons. The first-order valence-electron chi connectivity index (χ1n) is 4.89. The molecule has 0 fully saturated rings. The first-order valence-corrected chi connectivity index (χ1v) is 4.89. The minimum atomic E-state index is 0.306. The van der Waals surface area contributed by atoms with Crippen LogP contribution in [0.3, 0.4) is 0 Å². The first-order chi connectivity index (χ1) is 7.83. The van der Waals surface area contributed by atoms with E-state index in [-0.39, 0.29) is 0 Å². The van der Waals surface area contributed by atoms with E-state index < -0.39 is 0 Å². The van der Waals surface area contributed by atoms with E-state index in [0.717, 1.165) is 16.9 Å². The molecule has 5 heteroatoms. The Kier molecular flexibility index (Phi) is 2.04. The molecule has 0 saturated carbocycles. The predicted molar refractivity (Wildman–Crippen MR) is 56.6 cm³/mol. The van der Waals surface area contributed by atoms with Gasteiger partial charge in [0, 0.05) is 17.2 Å². The van der Waals surface area contributed by atoms with Crippen LogP contribution in [0.1, 0.15) is 5.56 Å². The number of fused-ring (bicyclic) bond motifs is 1. The van der Waals surface area contributed by atoms with Crippen LogP contribution < -0.4 is 10.5 Å². The molecule has 0 spiro atoms. The van der Waals surface area contributed by atoms with Gasteiger partial charge < -0.3 is 19.7 Å². The fourth-order valence-electron chi connectivity index (χ4n) is 1.67. The van der Waals surface area contributed by atoms with Gasteiger partial charge in [0.25, 0.3) is 0 Å². The van der Waals surface area contributed by atoms with Crippen LogP contribution in [0.4, 0.5) is 5.88 Å². The van der Waals surface area contributed by atoms with Crippen molar-refractivity contribution in [2.45, 2.75) is 6.61 Å². The highest BCUT2D eigenvalue weighted by Crippen LogP contribution is 2.29.